The lowest BCUT2D eigenvalue weighted by Gasteiger charge is -2.11. The molecule has 0 atom stereocenters. The molecule has 6 heteroatoms. The van der Waals surface area contributed by atoms with E-state index in [1.165, 1.54) is 6.07 Å². The largest absolute Gasteiger partial charge is 0.462 e. The molecule has 0 aliphatic carbocycles. The zero-order valence-corrected chi connectivity index (χ0v) is 9.67. The Morgan fingerprint density at radius 3 is 2.71 bits per heavy atom. The summed E-state index contributed by atoms with van der Waals surface area (Å²) in [5, 5.41) is 0. The highest BCUT2D eigenvalue weighted by molar-refractivity contribution is 5.92. The fourth-order valence-corrected chi connectivity index (χ4v) is 1.51. The molecule has 0 bridgehead atoms. The molecule has 2 N–H and O–H groups in total. The Morgan fingerprint density at radius 1 is 1.59 bits per heavy atom. The lowest BCUT2D eigenvalue weighted by atomic mass is 10.1. The van der Waals surface area contributed by atoms with E-state index in [2.05, 4.69) is 4.98 Å². The molecule has 1 heterocycles. The molecular weight excluding hydrogens is 230 g/mol. The van der Waals surface area contributed by atoms with Crippen LogP contribution in [0.25, 0.3) is 0 Å². The molecule has 94 valence electrons. The fourth-order valence-electron chi connectivity index (χ4n) is 1.51. The van der Waals surface area contributed by atoms with Crippen molar-refractivity contribution in [3.05, 3.63) is 28.6 Å². The minimum atomic E-state index is -2.68. The number of aryl methyl sites for hydroxylation is 1. The number of carbonyl (C=O) groups is 1. The van der Waals surface area contributed by atoms with Crippen LogP contribution in [0.3, 0.4) is 0 Å². The molecule has 4 nitrogen and oxygen atoms in total. The van der Waals surface area contributed by atoms with Crippen LogP contribution >= 0.6 is 0 Å². The molecule has 0 fully saturated rings. The molecule has 0 saturated carbocycles. The molecule has 0 aliphatic rings. The highest BCUT2D eigenvalue weighted by Gasteiger charge is 2.20. The molecule has 0 amide bonds. The van der Waals surface area contributed by atoms with Crippen LogP contribution in [-0.4, -0.2) is 17.6 Å². The van der Waals surface area contributed by atoms with Crippen molar-refractivity contribution in [3.8, 4) is 0 Å². The topological polar surface area (TPSA) is 65.2 Å². The van der Waals surface area contributed by atoms with Gasteiger partial charge < -0.3 is 10.5 Å². The number of hydrogen-bond donors (Lipinski definition) is 1. The molecular formula is C11H14F2N2O2. The van der Waals surface area contributed by atoms with Crippen molar-refractivity contribution < 1.29 is 18.3 Å². The van der Waals surface area contributed by atoms with Gasteiger partial charge in [-0.25, -0.2) is 18.6 Å². The lowest BCUT2D eigenvalue weighted by molar-refractivity contribution is 0.0523. The number of halogens is 2. The van der Waals surface area contributed by atoms with E-state index in [9.17, 15) is 13.6 Å². The molecule has 1 rings (SSSR count). The first-order valence-electron chi connectivity index (χ1n) is 5.17. The van der Waals surface area contributed by atoms with Gasteiger partial charge in [-0.1, -0.05) is 0 Å². The average Bonchev–Trinajstić information content (AvgIpc) is 2.27. The van der Waals surface area contributed by atoms with Gasteiger partial charge in [0, 0.05) is 6.54 Å². The second-order valence-electron chi connectivity index (χ2n) is 3.41. The van der Waals surface area contributed by atoms with Crippen LogP contribution < -0.4 is 5.73 Å². The Balaban J connectivity index is 3.25. The van der Waals surface area contributed by atoms with Crippen LogP contribution in [0.1, 0.15) is 40.7 Å². The first-order valence-corrected chi connectivity index (χ1v) is 5.17. The number of ether oxygens (including phenoxy) is 1. The Bertz CT molecular complexity index is 422. The molecule has 0 aliphatic heterocycles. The first-order chi connectivity index (χ1) is 8.01. The highest BCUT2D eigenvalue weighted by atomic mass is 19.3. The van der Waals surface area contributed by atoms with Gasteiger partial charge in [0.2, 0.25) is 0 Å². The molecule has 1 aromatic rings. The summed E-state index contributed by atoms with van der Waals surface area (Å²) in [5.74, 6) is -0.584. The second kappa shape index (κ2) is 5.67. The van der Waals surface area contributed by atoms with Crippen molar-refractivity contribution >= 4 is 5.97 Å². The van der Waals surface area contributed by atoms with Crippen molar-refractivity contribution in [1.82, 2.24) is 4.98 Å². The highest BCUT2D eigenvalue weighted by Crippen LogP contribution is 2.22. The molecule has 1 aromatic heterocycles. The van der Waals surface area contributed by atoms with Gasteiger partial charge in [-0.3, -0.25) is 0 Å². The maximum absolute atomic E-state index is 12.5. The van der Waals surface area contributed by atoms with Crippen molar-refractivity contribution in [2.45, 2.75) is 26.8 Å². The Morgan fingerprint density at radius 2 is 2.24 bits per heavy atom. The van der Waals surface area contributed by atoms with Crippen LogP contribution in [-0.2, 0) is 11.3 Å². The normalized spacial score (nSPS) is 10.7. The summed E-state index contributed by atoms with van der Waals surface area (Å²) in [5.41, 5.74) is 5.74. The fraction of sp³-hybridized carbons (Fsp3) is 0.455. The number of carbonyl (C=O) groups excluding carboxylic acids is 1. The van der Waals surface area contributed by atoms with Gasteiger partial charge in [0.25, 0.3) is 6.43 Å². The van der Waals surface area contributed by atoms with Crippen LogP contribution in [0.2, 0.25) is 0 Å². The first kappa shape index (κ1) is 13.5. The number of rotatable bonds is 4. The van der Waals surface area contributed by atoms with Crippen molar-refractivity contribution in [2.75, 3.05) is 6.61 Å². The minimum absolute atomic E-state index is 0.0878. The molecule has 0 spiro atoms. The smallest absolute Gasteiger partial charge is 0.340 e. The predicted octanol–water partition coefficient (Wildman–Crippen LogP) is 1.96. The van der Waals surface area contributed by atoms with E-state index in [0.717, 1.165) is 0 Å². The number of esters is 1. The number of pyridine rings is 1. The standard InChI is InChI=1S/C11H14F2N2O2/c1-3-17-11(16)9-6(2)4-7(10(12)13)15-8(9)5-14/h4,10H,3,5,14H2,1-2H3. The van der Waals surface area contributed by atoms with E-state index < -0.39 is 12.4 Å². The SMILES string of the molecule is CCOC(=O)c1c(C)cc(C(F)F)nc1CN. The predicted molar refractivity (Wildman–Crippen MR) is 57.8 cm³/mol. The molecule has 0 saturated heterocycles. The molecule has 0 radical (unpaired) electrons. The summed E-state index contributed by atoms with van der Waals surface area (Å²) in [4.78, 5) is 15.3. The van der Waals surface area contributed by atoms with Gasteiger partial charge in [-0.2, -0.15) is 0 Å². The summed E-state index contributed by atoms with van der Waals surface area (Å²) in [6.07, 6.45) is -2.68. The van der Waals surface area contributed by atoms with Gasteiger partial charge in [-0.05, 0) is 25.5 Å². The number of hydrogen-bond acceptors (Lipinski definition) is 4. The van der Waals surface area contributed by atoms with E-state index in [1.807, 2.05) is 0 Å². The third-order valence-corrected chi connectivity index (χ3v) is 2.21. The van der Waals surface area contributed by atoms with Crippen LogP contribution in [0, 0.1) is 6.92 Å². The van der Waals surface area contributed by atoms with Gasteiger partial charge in [0.15, 0.2) is 0 Å². The van der Waals surface area contributed by atoms with E-state index in [1.54, 1.807) is 13.8 Å². The number of nitrogens with two attached hydrogens (primary N) is 1. The summed E-state index contributed by atoms with van der Waals surface area (Å²) < 4.78 is 29.9. The third-order valence-electron chi connectivity index (χ3n) is 2.21. The molecule has 17 heavy (non-hydrogen) atoms. The van der Waals surface area contributed by atoms with Gasteiger partial charge in [-0.15, -0.1) is 0 Å². The van der Waals surface area contributed by atoms with Crippen molar-refractivity contribution in [3.63, 3.8) is 0 Å². The van der Waals surface area contributed by atoms with Crippen molar-refractivity contribution in [1.29, 1.82) is 0 Å². The molecule has 0 unspecified atom stereocenters. The number of nitrogens with zero attached hydrogens (tertiary/aromatic N) is 1. The summed E-state index contributed by atoms with van der Waals surface area (Å²) in [6.45, 7) is 3.34. The third kappa shape index (κ3) is 2.97. The summed E-state index contributed by atoms with van der Waals surface area (Å²) in [6, 6.07) is 1.18. The zero-order valence-electron chi connectivity index (χ0n) is 9.67. The van der Waals surface area contributed by atoms with E-state index >= 15 is 0 Å². The van der Waals surface area contributed by atoms with Crippen molar-refractivity contribution in [2.24, 2.45) is 5.73 Å². The zero-order chi connectivity index (χ0) is 13.0. The lowest BCUT2D eigenvalue weighted by Crippen LogP contribution is -2.15. The maximum atomic E-state index is 12.5. The maximum Gasteiger partial charge on any atom is 0.340 e. The van der Waals surface area contributed by atoms with Gasteiger partial charge >= 0.3 is 5.97 Å². The Hall–Kier alpha value is -1.56. The van der Waals surface area contributed by atoms with E-state index in [0.29, 0.717) is 5.56 Å². The Labute approximate surface area is 97.8 Å². The minimum Gasteiger partial charge on any atom is -0.462 e. The van der Waals surface area contributed by atoms with Crippen LogP contribution in [0.5, 0.6) is 0 Å². The van der Waals surface area contributed by atoms with Gasteiger partial charge in [0.05, 0.1) is 17.9 Å². The van der Waals surface area contributed by atoms with Gasteiger partial charge in [0.1, 0.15) is 5.69 Å². The monoisotopic (exact) mass is 244 g/mol. The Kier molecular flexibility index (Phi) is 4.51. The summed E-state index contributed by atoms with van der Waals surface area (Å²) in [7, 11) is 0. The average molecular weight is 244 g/mol. The number of aromatic nitrogens is 1. The summed E-state index contributed by atoms with van der Waals surface area (Å²) >= 11 is 0. The van der Waals surface area contributed by atoms with E-state index in [-0.39, 0.29) is 30.1 Å². The molecule has 0 aromatic carbocycles. The second-order valence-corrected chi connectivity index (χ2v) is 3.41. The van der Waals surface area contributed by atoms with E-state index in [4.69, 9.17) is 10.5 Å². The van der Waals surface area contributed by atoms with Crippen LogP contribution in [0.15, 0.2) is 6.07 Å². The quantitative estimate of drug-likeness (QED) is 0.822. The van der Waals surface area contributed by atoms with Crippen LogP contribution in [0.4, 0.5) is 8.78 Å². The number of alkyl halides is 2.